The van der Waals surface area contributed by atoms with Crippen LogP contribution in [-0.2, 0) is 6.54 Å². The summed E-state index contributed by atoms with van der Waals surface area (Å²) in [7, 11) is 0. The molecule has 0 atom stereocenters. The van der Waals surface area contributed by atoms with E-state index in [-0.39, 0.29) is 18.4 Å². The van der Waals surface area contributed by atoms with Gasteiger partial charge in [-0.15, -0.1) is 5.10 Å². The zero-order valence-corrected chi connectivity index (χ0v) is 21.1. The SMILES string of the molecule is CC#Cc1nc2c3cnn(CCN4CCN(c5ccc(OCC(C)(C)O)cc5F)CC4)c3nc(N)n2n1. The number of anilines is 2. The van der Waals surface area contributed by atoms with E-state index in [1.165, 1.54) is 10.6 Å². The van der Waals surface area contributed by atoms with Crippen molar-refractivity contribution >= 4 is 28.3 Å². The predicted molar refractivity (Wildman–Crippen MR) is 138 cm³/mol. The van der Waals surface area contributed by atoms with Gasteiger partial charge in [0.15, 0.2) is 11.3 Å². The Morgan fingerprint density at radius 1 is 1.14 bits per heavy atom. The molecule has 1 aromatic carbocycles. The minimum absolute atomic E-state index is 0.0938. The highest BCUT2D eigenvalue weighted by Crippen LogP contribution is 2.26. The van der Waals surface area contributed by atoms with Gasteiger partial charge in [-0.05, 0) is 38.8 Å². The Kier molecular flexibility index (Phi) is 6.57. The Labute approximate surface area is 213 Å². The molecule has 1 aliphatic heterocycles. The van der Waals surface area contributed by atoms with Crippen LogP contribution in [0.2, 0.25) is 0 Å². The van der Waals surface area contributed by atoms with Crippen LogP contribution in [0.3, 0.4) is 0 Å². The van der Waals surface area contributed by atoms with E-state index in [9.17, 15) is 9.50 Å². The maximum absolute atomic E-state index is 14.8. The van der Waals surface area contributed by atoms with Gasteiger partial charge >= 0.3 is 0 Å². The van der Waals surface area contributed by atoms with Crippen molar-refractivity contribution in [2.24, 2.45) is 0 Å². The van der Waals surface area contributed by atoms with Crippen molar-refractivity contribution in [2.45, 2.75) is 32.9 Å². The van der Waals surface area contributed by atoms with Gasteiger partial charge in [-0.2, -0.15) is 19.6 Å². The van der Waals surface area contributed by atoms with Gasteiger partial charge in [-0.25, -0.2) is 9.07 Å². The number of aliphatic hydroxyl groups is 1. The number of piperazine rings is 1. The molecule has 37 heavy (non-hydrogen) atoms. The van der Waals surface area contributed by atoms with E-state index in [1.54, 1.807) is 39.1 Å². The number of hydrogen-bond donors (Lipinski definition) is 2. The Morgan fingerprint density at radius 3 is 2.62 bits per heavy atom. The molecule has 12 heteroatoms. The fourth-order valence-electron chi connectivity index (χ4n) is 4.33. The molecule has 0 amide bonds. The quantitative estimate of drug-likeness (QED) is 0.359. The third kappa shape index (κ3) is 5.28. The maximum Gasteiger partial charge on any atom is 0.226 e. The number of nitrogens with zero attached hydrogens (tertiary/aromatic N) is 8. The first kappa shape index (κ1) is 24.7. The molecule has 3 N–H and O–H groups in total. The summed E-state index contributed by atoms with van der Waals surface area (Å²) in [5.74, 6) is 6.32. The lowest BCUT2D eigenvalue weighted by Crippen LogP contribution is -2.47. The monoisotopic (exact) mass is 507 g/mol. The molecule has 4 heterocycles. The molecular weight excluding hydrogens is 477 g/mol. The number of ether oxygens (including phenoxy) is 1. The summed E-state index contributed by atoms with van der Waals surface area (Å²) in [4.78, 5) is 13.3. The van der Waals surface area contributed by atoms with Crippen LogP contribution in [0, 0.1) is 17.7 Å². The fourth-order valence-corrected chi connectivity index (χ4v) is 4.33. The topological polar surface area (TPSA) is 123 Å². The second-order valence-corrected chi connectivity index (χ2v) is 9.66. The van der Waals surface area contributed by atoms with Crippen molar-refractivity contribution in [1.29, 1.82) is 0 Å². The molecule has 1 fully saturated rings. The van der Waals surface area contributed by atoms with Crippen LogP contribution in [0.25, 0.3) is 16.7 Å². The zero-order valence-electron chi connectivity index (χ0n) is 21.1. The average molecular weight is 508 g/mol. The van der Waals surface area contributed by atoms with Crippen LogP contribution in [0.4, 0.5) is 16.0 Å². The van der Waals surface area contributed by atoms with Crippen LogP contribution in [-0.4, -0.2) is 84.3 Å². The van der Waals surface area contributed by atoms with Crippen molar-refractivity contribution in [1.82, 2.24) is 34.3 Å². The van der Waals surface area contributed by atoms with Crippen LogP contribution in [0.5, 0.6) is 5.75 Å². The molecule has 0 radical (unpaired) electrons. The van der Waals surface area contributed by atoms with Gasteiger partial charge < -0.3 is 20.5 Å². The summed E-state index contributed by atoms with van der Waals surface area (Å²) in [5.41, 5.74) is 6.93. The number of halogens is 1. The molecule has 3 aromatic heterocycles. The molecule has 0 spiro atoms. The molecule has 1 saturated heterocycles. The summed E-state index contributed by atoms with van der Waals surface area (Å²) in [5, 5.41) is 19.4. The van der Waals surface area contributed by atoms with E-state index < -0.39 is 5.60 Å². The lowest BCUT2D eigenvalue weighted by atomic mass is 10.1. The molecular formula is C25H30FN9O2. The Balaban J connectivity index is 1.20. The summed E-state index contributed by atoms with van der Waals surface area (Å²) in [6.07, 6.45) is 1.73. The third-order valence-corrected chi connectivity index (χ3v) is 6.19. The lowest BCUT2D eigenvalue weighted by molar-refractivity contribution is 0.0284. The maximum atomic E-state index is 14.8. The number of benzene rings is 1. The highest BCUT2D eigenvalue weighted by Gasteiger charge is 2.21. The summed E-state index contributed by atoms with van der Waals surface area (Å²) in [6, 6.07) is 4.85. The molecule has 0 aliphatic carbocycles. The van der Waals surface area contributed by atoms with E-state index in [1.807, 2.05) is 9.58 Å². The first-order valence-corrected chi connectivity index (χ1v) is 12.1. The van der Waals surface area contributed by atoms with Crippen LogP contribution >= 0.6 is 0 Å². The Bertz CT molecular complexity index is 1490. The van der Waals surface area contributed by atoms with E-state index in [2.05, 4.69) is 36.9 Å². The van der Waals surface area contributed by atoms with Gasteiger partial charge in [0.2, 0.25) is 11.8 Å². The number of fused-ring (bicyclic) bond motifs is 3. The zero-order chi connectivity index (χ0) is 26.2. The minimum Gasteiger partial charge on any atom is -0.491 e. The number of hydrogen-bond acceptors (Lipinski definition) is 9. The second-order valence-electron chi connectivity index (χ2n) is 9.66. The number of rotatable bonds is 7. The predicted octanol–water partition coefficient (Wildman–Crippen LogP) is 1.54. The third-order valence-electron chi connectivity index (χ3n) is 6.19. The molecule has 0 bridgehead atoms. The highest BCUT2D eigenvalue weighted by atomic mass is 19.1. The van der Waals surface area contributed by atoms with Crippen molar-refractivity contribution < 1.29 is 14.2 Å². The fraction of sp³-hybridized carbons (Fsp3) is 0.440. The van der Waals surface area contributed by atoms with Crippen LogP contribution in [0.15, 0.2) is 24.4 Å². The van der Waals surface area contributed by atoms with Crippen molar-refractivity contribution in [2.75, 3.05) is 50.0 Å². The van der Waals surface area contributed by atoms with E-state index in [0.717, 1.165) is 25.0 Å². The lowest BCUT2D eigenvalue weighted by Gasteiger charge is -2.36. The summed E-state index contributed by atoms with van der Waals surface area (Å²) in [6.45, 7) is 9.49. The van der Waals surface area contributed by atoms with Gasteiger partial charge in [-0.3, -0.25) is 4.90 Å². The number of aromatic nitrogens is 6. The minimum atomic E-state index is -0.979. The van der Waals surface area contributed by atoms with E-state index in [4.69, 9.17) is 10.5 Å². The highest BCUT2D eigenvalue weighted by molar-refractivity contribution is 5.89. The molecule has 1 aliphatic rings. The van der Waals surface area contributed by atoms with Gasteiger partial charge in [0.1, 0.15) is 18.2 Å². The summed E-state index contributed by atoms with van der Waals surface area (Å²) < 4.78 is 23.6. The molecule has 11 nitrogen and oxygen atoms in total. The van der Waals surface area contributed by atoms with Gasteiger partial charge in [0.25, 0.3) is 0 Å². The first-order chi connectivity index (χ1) is 17.7. The average Bonchev–Trinajstić information content (AvgIpc) is 3.46. The van der Waals surface area contributed by atoms with Gasteiger partial charge in [0.05, 0.1) is 29.4 Å². The van der Waals surface area contributed by atoms with Crippen molar-refractivity contribution in [3.8, 4) is 17.6 Å². The normalized spacial score (nSPS) is 14.8. The Morgan fingerprint density at radius 2 is 1.92 bits per heavy atom. The second kappa shape index (κ2) is 9.84. The Hall–Kier alpha value is -3.95. The molecule has 194 valence electrons. The smallest absolute Gasteiger partial charge is 0.226 e. The standard InChI is InChI=1S/C25H30FN9O2/c1-4-5-21-29-23-18-15-28-34(22(18)30-24(27)35(23)31-21)13-10-32-8-11-33(12-9-32)20-7-6-17(14-19(20)26)37-16-25(2,3)36/h6-7,14-15,36H,8-13,16H2,1-3H3,(H2,27,30). The van der Waals surface area contributed by atoms with Crippen molar-refractivity contribution in [3.05, 3.63) is 36.0 Å². The summed E-state index contributed by atoms with van der Waals surface area (Å²) >= 11 is 0. The molecule has 4 aromatic rings. The van der Waals surface area contributed by atoms with Crippen LogP contribution < -0.4 is 15.4 Å². The number of nitrogen functional groups attached to an aromatic ring is 1. The van der Waals surface area contributed by atoms with E-state index in [0.29, 0.717) is 48.2 Å². The van der Waals surface area contributed by atoms with E-state index >= 15 is 0 Å². The largest absolute Gasteiger partial charge is 0.491 e. The molecule has 5 rings (SSSR count). The number of nitrogens with two attached hydrogens (primary N) is 1. The van der Waals surface area contributed by atoms with Crippen LogP contribution in [0.1, 0.15) is 26.6 Å². The molecule has 0 saturated carbocycles. The van der Waals surface area contributed by atoms with Gasteiger partial charge in [-0.1, -0.05) is 5.92 Å². The first-order valence-electron chi connectivity index (χ1n) is 12.1. The van der Waals surface area contributed by atoms with Crippen molar-refractivity contribution in [3.63, 3.8) is 0 Å². The molecule has 0 unspecified atom stereocenters. The van der Waals surface area contributed by atoms with Gasteiger partial charge in [0, 0.05) is 38.8 Å².